The van der Waals surface area contributed by atoms with Gasteiger partial charge in [-0.15, -0.1) is 0 Å². The first-order chi connectivity index (χ1) is 11.8. The summed E-state index contributed by atoms with van der Waals surface area (Å²) < 4.78 is 15.7. The third-order valence-corrected chi connectivity index (χ3v) is 3.98. The van der Waals surface area contributed by atoms with Gasteiger partial charge in [-0.05, 0) is 34.6 Å². The van der Waals surface area contributed by atoms with Crippen LogP contribution in [-0.4, -0.2) is 37.2 Å². The summed E-state index contributed by atoms with van der Waals surface area (Å²) in [6, 6.07) is -1.03. The molecular weight excluding hydrogens is 328 g/mol. The first-order valence-corrected chi connectivity index (χ1v) is 7.97. The van der Waals surface area contributed by atoms with Crippen molar-refractivity contribution in [1.82, 2.24) is 10.6 Å². The summed E-state index contributed by atoms with van der Waals surface area (Å²) >= 11 is 0. The zero-order valence-corrected chi connectivity index (χ0v) is 14.9. The Balaban J connectivity index is 2.22. The van der Waals surface area contributed by atoms with Crippen molar-refractivity contribution < 1.29 is 28.3 Å². The number of hydrogen-bond donors (Lipinski definition) is 2. The van der Waals surface area contributed by atoms with Gasteiger partial charge in [-0.3, -0.25) is 0 Å². The lowest BCUT2D eigenvalue weighted by molar-refractivity contribution is -0.139. The summed E-state index contributed by atoms with van der Waals surface area (Å²) in [6.07, 6.45) is 0. The quantitative estimate of drug-likeness (QED) is 0.785. The molecule has 8 heteroatoms. The van der Waals surface area contributed by atoms with Crippen molar-refractivity contribution in [1.29, 1.82) is 0 Å². The van der Waals surface area contributed by atoms with Gasteiger partial charge in [0.2, 0.25) is 0 Å². The second-order valence-electron chi connectivity index (χ2n) is 5.72. The van der Waals surface area contributed by atoms with E-state index in [1.54, 1.807) is 34.6 Å². The predicted octanol–water partition coefficient (Wildman–Crippen LogP) is 1.88. The third kappa shape index (κ3) is 3.84. The molecule has 25 heavy (non-hydrogen) atoms. The SMILES string of the molecule is CCOC(=O)C1=C(COC(=O)c2c(C)oc(C)c2C)NC(=O)NC1C. The van der Waals surface area contributed by atoms with Gasteiger partial charge in [-0.2, -0.15) is 0 Å². The molecular formula is C17H22N2O6. The second kappa shape index (κ2) is 7.42. The van der Waals surface area contributed by atoms with Gasteiger partial charge in [0.15, 0.2) is 0 Å². The van der Waals surface area contributed by atoms with E-state index in [1.165, 1.54) is 0 Å². The highest BCUT2D eigenvalue weighted by Crippen LogP contribution is 2.22. The first-order valence-electron chi connectivity index (χ1n) is 7.97. The monoisotopic (exact) mass is 350 g/mol. The van der Waals surface area contributed by atoms with Gasteiger partial charge < -0.3 is 24.5 Å². The zero-order chi connectivity index (χ0) is 18.7. The van der Waals surface area contributed by atoms with Gasteiger partial charge in [-0.1, -0.05) is 0 Å². The lowest BCUT2D eigenvalue weighted by atomic mass is 10.0. The maximum atomic E-state index is 12.4. The molecule has 2 rings (SSSR count). The van der Waals surface area contributed by atoms with Gasteiger partial charge in [0.1, 0.15) is 23.7 Å². The number of nitrogens with one attached hydrogen (secondary N) is 2. The Morgan fingerprint density at radius 3 is 2.36 bits per heavy atom. The number of hydrogen-bond acceptors (Lipinski definition) is 6. The van der Waals surface area contributed by atoms with Crippen LogP contribution in [0.15, 0.2) is 15.7 Å². The first kappa shape index (κ1) is 18.6. The summed E-state index contributed by atoms with van der Waals surface area (Å²) in [4.78, 5) is 36.2. The number of furan rings is 1. The van der Waals surface area contributed by atoms with E-state index in [-0.39, 0.29) is 24.5 Å². The molecule has 2 amide bonds. The molecule has 1 aromatic heterocycles. The van der Waals surface area contributed by atoms with Crippen molar-refractivity contribution in [2.45, 2.75) is 40.7 Å². The Bertz CT molecular complexity index is 747. The van der Waals surface area contributed by atoms with Crippen molar-refractivity contribution in [3.05, 3.63) is 33.9 Å². The van der Waals surface area contributed by atoms with Gasteiger partial charge in [-0.25, -0.2) is 14.4 Å². The van der Waals surface area contributed by atoms with Crippen molar-refractivity contribution in [2.24, 2.45) is 0 Å². The van der Waals surface area contributed by atoms with E-state index in [0.29, 0.717) is 22.6 Å². The van der Waals surface area contributed by atoms with Crippen LogP contribution in [0.4, 0.5) is 4.79 Å². The zero-order valence-electron chi connectivity index (χ0n) is 14.9. The van der Waals surface area contributed by atoms with Crippen LogP contribution in [-0.2, 0) is 14.3 Å². The van der Waals surface area contributed by atoms with Gasteiger partial charge in [0.05, 0.1) is 23.9 Å². The molecule has 1 aliphatic rings. The molecule has 0 saturated heterocycles. The molecule has 2 N–H and O–H groups in total. The van der Waals surface area contributed by atoms with E-state index in [0.717, 1.165) is 0 Å². The molecule has 1 unspecified atom stereocenters. The van der Waals surface area contributed by atoms with Crippen molar-refractivity contribution in [3.8, 4) is 0 Å². The van der Waals surface area contributed by atoms with E-state index >= 15 is 0 Å². The molecule has 0 spiro atoms. The Hall–Kier alpha value is -2.77. The number of amides is 2. The van der Waals surface area contributed by atoms with Crippen LogP contribution in [0.1, 0.15) is 41.3 Å². The number of rotatable bonds is 5. The molecule has 1 aliphatic heterocycles. The maximum absolute atomic E-state index is 12.4. The number of esters is 2. The molecule has 0 bridgehead atoms. The van der Waals surface area contributed by atoms with Crippen LogP contribution in [0.25, 0.3) is 0 Å². The lowest BCUT2D eigenvalue weighted by Crippen LogP contribution is -2.50. The van der Waals surface area contributed by atoms with E-state index in [2.05, 4.69) is 10.6 Å². The summed E-state index contributed by atoms with van der Waals surface area (Å²) in [5.74, 6) is -0.0509. The molecule has 1 aromatic rings. The number of carbonyl (C=O) groups excluding carboxylic acids is 3. The average Bonchev–Trinajstić information content (AvgIpc) is 2.77. The highest BCUT2D eigenvalue weighted by Gasteiger charge is 2.30. The molecule has 0 radical (unpaired) electrons. The maximum Gasteiger partial charge on any atom is 0.342 e. The van der Waals surface area contributed by atoms with E-state index in [4.69, 9.17) is 13.9 Å². The Morgan fingerprint density at radius 2 is 1.80 bits per heavy atom. The topological polar surface area (TPSA) is 107 Å². The fourth-order valence-electron chi connectivity index (χ4n) is 2.70. The minimum Gasteiger partial charge on any atom is -0.465 e. The summed E-state index contributed by atoms with van der Waals surface area (Å²) in [6.45, 7) is 8.48. The second-order valence-corrected chi connectivity index (χ2v) is 5.72. The molecule has 136 valence electrons. The van der Waals surface area contributed by atoms with Gasteiger partial charge >= 0.3 is 18.0 Å². The van der Waals surface area contributed by atoms with Crippen molar-refractivity contribution >= 4 is 18.0 Å². The molecule has 0 saturated carbocycles. The van der Waals surface area contributed by atoms with Crippen LogP contribution in [0.2, 0.25) is 0 Å². The largest absolute Gasteiger partial charge is 0.465 e. The van der Waals surface area contributed by atoms with E-state index in [9.17, 15) is 14.4 Å². The van der Waals surface area contributed by atoms with Crippen LogP contribution in [0.5, 0.6) is 0 Å². The fraction of sp³-hybridized carbons (Fsp3) is 0.471. The number of aryl methyl sites for hydroxylation is 2. The number of carbonyl (C=O) groups is 3. The highest BCUT2D eigenvalue weighted by atomic mass is 16.5. The molecule has 0 aromatic carbocycles. The third-order valence-electron chi connectivity index (χ3n) is 3.98. The molecule has 1 atom stereocenters. The standard InChI is InChI=1S/C17H22N2O6/c1-6-23-16(21)14-9(3)18-17(22)19-12(14)7-24-15(20)13-8(2)10(4)25-11(13)5/h9H,6-7H2,1-5H3,(H2,18,19,22). The molecule has 8 nitrogen and oxygen atoms in total. The molecule has 2 heterocycles. The van der Waals surface area contributed by atoms with Crippen LogP contribution in [0.3, 0.4) is 0 Å². The summed E-state index contributed by atoms with van der Waals surface area (Å²) in [7, 11) is 0. The summed E-state index contributed by atoms with van der Waals surface area (Å²) in [5.41, 5.74) is 1.48. The van der Waals surface area contributed by atoms with Crippen LogP contribution < -0.4 is 10.6 Å². The Kier molecular flexibility index (Phi) is 5.51. The van der Waals surface area contributed by atoms with Gasteiger partial charge in [0, 0.05) is 5.56 Å². The normalized spacial score (nSPS) is 17.0. The van der Waals surface area contributed by atoms with Crippen LogP contribution >= 0.6 is 0 Å². The number of ether oxygens (including phenoxy) is 2. The van der Waals surface area contributed by atoms with E-state index in [1.807, 2.05) is 0 Å². The minimum atomic E-state index is -0.581. The Morgan fingerprint density at radius 1 is 1.12 bits per heavy atom. The average molecular weight is 350 g/mol. The highest BCUT2D eigenvalue weighted by molar-refractivity contribution is 5.95. The lowest BCUT2D eigenvalue weighted by Gasteiger charge is -2.26. The molecule has 0 fully saturated rings. The van der Waals surface area contributed by atoms with Crippen LogP contribution in [0, 0.1) is 20.8 Å². The van der Waals surface area contributed by atoms with Gasteiger partial charge in [0.25, 0.3) is 0 Å². The molecule has 0 aliphatic carbocycles. The minimum absolute atomic E-state index is 0.197. The summed E-state index contributed by atoms with van der Waals surface area (Å²) in [5, 5.41) is 5.08. The smallest absolute Gasteiger partial charge is 0.342 e. The fourth-order valence-corrected chi connectivity index (χ4v) is 2.70. The van der Waals surface area contributed by atoms with Crippen molar-refractivity contribution in [2.75, 3.05) is 13.2 Å². The van der Waals surface area contributed by atoms with Crippen molar-refractivity contribution in [3.63, 3.8) is 0 Å². The Labute approximate surface area is 145 Å². The van der Waals surface area contributed by atoms with E-state index < -0.39 is 24.0 Å². The predicted molar refractivity (Wildman–Crippen MR) is 88.0 cm³/mol. The number of urea groups is 1.